The first-order chi connectivity index (χ1) is 13.2. The third-order valence-corrected chi connectivity index (χ3v) is 5.37. The molecule has 0 spiro atoms. The van der Waals surface area contributed by atoms with E-state index in [4.69, 9.17) is 16.3 Å². The van der Waals surface area contributed by atoms with E-state index in [2.05, 4.69) is 16.5 Å². The van der Waals surface area contributed by atoms with Crippen molar-refractivity contribution in [2.75, 3.05) is 7.11 Å². The highest BCUT2D eigenvalue weighted by atomic mass is 35.5. The lowest BCUT2D eigenvalue weighted by atomic mass is 10.1. The molecule has 1 aliphatic heterocycles. The van der Waals surface area contributed by atoms with Crippen LogP contribution in [0.15, 0.2) is 53.5 Å². The zero-order chi connectivity index (χ0) is 19.0. The third-order valence-electron chi connectivity index (χ3n) is 5.14. The molecule has 1 unspecified atom stereocenters. The molecular weight excluding hydrogens is 362 g/mol. The molecule has 3 heterocycles. The molecule has 4 rings (SSSR count). The van der Waals surface area contributed by atoms with E-state index in [1.807, 2.05) is 41.0 Å². The molecule has 2 aromatic heterocycles. The van der Waals surface area contributed by atoms with E-state index in [9.17, 15) is 4.79 Å². The monoisotopic (exact) mass is 382 g/mol. The van der Waals surface area contributed by atoms with Gasteiger partial charge < -0.3 is 4.74 Å². The zero-order valence-corrected chi connectivity index (χ0v) is 16.1. The van der Waals surface area contributed by atoms with Gasteiger partial charge >= 0.3 is 5.56 Å². The van der Waals surface area contributed by atoms with Crippen LogP contribution >= 0.6 is 11.6 Å². The topological polar surface area (TPSA) is 48.0 Å². The molecule has 0 amide bonds. The van der Waals surface area contributed by atoms with Gasteiger partial charge in [-0.3, -0.25) is 0 Å². The van der Waals surface area contributed by atoms with Crippen molar-refractivity contribution >= 4 is 11.6 Å². The molecule has 3 aromatic rings. The van der Waals surface area contributed by atoms with Crippen LogP contribution in [0.1, 0.15) is 30.8 Å². The fraction of sp³-hybridized carbons (Fsp3) is 0.286. The van der Waals surface area contributed by atoms with Gasteiger partial charge in [-0.1, -0.05) is 48.0 Å². The molecule has 0 bridgehead atoms. The summed E-state index contributed by atoms with van der Waals surface area (Å²) < 4.78 is 9.71. The molecule has 5 nitrogen and oxygen atoms in total. The van der Waals surface area contributed by atoms with Gasteiger partial charge in [-0.15, -0.1) is 0 Å². The fourth-order valence-electron chi connectivity index (χ4n) is 3.97. The Kier molecular flexibility index (Phi) is 4.70. The minimum absolute atomic E-state index is 0.0322. The van der Waals surface area contributed by atoms with Crippen molar-refractivity contribution in [2.45, 2.75) is 32.4 Å². The van der Waals surface area contributed by atoms with Gasteiger partial charge in [0.15, 0.2) is 5.56 Å². The van der Waals surface area contributed by atoms with Crippen molar-refractivity contribution in [1.82, 2.24) is 9.55 Å². The number of halogens is 1. The Morgan fingerprint density at radius 2 is 2.04 bits per heavy atom. The van der Waals surface area contributed by atoms with E-state index >= 15 is 0 Å². The van der Waals surface area contributed by atoms with E-state index in [1.54, 1.807) is 19.4 Å². The summed E-state index contributed by atoms with van der Waals surface area (Å²) in [4.78, 5) is 17.8. The van der Waals surface area contributed by atoms with Gasteiger partial charge in [0.25, 0.3) is 11.7 Å². The smallest absolute Gasteiger partial charge is 0.349 e. The standard InChI is InChI=1S/C21H21ClN3O2/c1-3-24-18-12-10-16(15-9-11-17(22)23-13-15)25(18)20(26)19(21(24)27-2)14-7-5-4-6-8-14/h4-9,11,13,16H,3,10,12H2,1-2H3/q+1. The summed E-state index contributed by atoms with van der Waals surface area (Å²) in [6.45, 7) is 2.80. The van der Waals surface area contributed by atoms with Crippen molar-refractivity contribution in [3.63, 3.8) is 0 Å². The maximum absolute atomic E-state index is 13.6. The Labute approximate surface area is 162 Å². The number of methoxy groups -OCH3 is 1. The van der Waals surface area contributed by atoms with Gasteiger partial charge in [-0.25, -0.2) is 9.78 Å². The van der Waals surface area contributed by atoms with E-state index in [0.717, 1.165) is 36.3 Å². The van der Waals surface area contributed by atoms with Gasteiger partial charge in [-0.2, -0.15) is 9.13 Å². The zero-order valence-electron chi connectivity index (χ0n) is 15.4. The molecule has 0 saturated carbocycles. The number of benzene rings is 1. The minimum Gasteiger partial charge on any atom is -0.465 e. The average Bonchev–Trinajstić information content (AvgIpc) is 3.14. The quantitative estimate of drug-likeness (QED) is 0.513. The number of hydrogen-bond acceptors (Lipinski definition) is 3. The summed E-state index contributed by atoms with van der Waals surface area (Å²) in [5, 5.41) is 0.452. The van der Waals surface area contributed by atoms with Crippen molar-refractivity contribution in [2.24, 2.45) is 0 Å². The molecular formula is C21H21ClN3O2+. The lowest BCUT2D eigenvalue weighted by Gasteiger charge is -2.15. The summed E-state index contributed by atoms with van der Waals surface area (Å²) >= 11 is 5.94. The van der Waals surface area contributed by atoms with Crippen LogP contribution in [0.3, 0.4) is 0 Å². The SMILES string of the molecule is CC[n+]1c(OC)c(-c2ccccc2)c(=O)n2c1CCC2c1ccc(Cl)nc1. The lowest BCUT2D eigenvalue weighted by molar-refractivity contribution is -0.708. The Morgan fingerprint density at radius 1 is 1.26 bits per heavy atom. The highest BCUT2D eigenvalue weighted by Crippen LogP contribution is 2.32. The molecule has 0 aliphatic carbocycles. The largest absolute Gasteiger partial charge is 0.465 e. The molecule has 0 N–H and O–H groups in total. The predicted molar refractivity (Wildman–Crippen MR) is 104 cm³/mol. The van der Waals surface area contributed by atoms with Crippen molar-refractivity contribution in [3.8, 4) is 17.0 Å². The van der Waals surface area contributed by atoms with Gasteiger partial charge in [0.05, 0.1) is 20.1 Å². The molecule has 27 heavy (non-hydrogen) atoms. The number of fused-ring (bicyclic) bond motifs is 1. The maximum Gasteiger partial charge on any atom is 0.349 e. The van der Waals surface area contributed by atoms with Crippen LogP contribution in [0.25, 0.3) is 11.1 Å². The number of hydrogen-bond donors (Lipinski definition) is 0. The van der Waals surface area contributed by atoms with E-state index in [-0.39, 0.29) is 11.6 Å². The Morgan fingerprint density at radius 3 is 2.67 bits per heavy atom. The normalized spacial score (nSPS) is 15.6. The van der Waals surface area contributed by atoms with E-state index in [1.165, 1.54) is 0 Å². The summed E-state index contributed by atoms with van der Waals surface area (Å²) in [6.07, 6.45) is 3.42. The van der Waals surface area contributed by atoms with Gasteiger partial charge in [-0.05, 0) is 18.6 Å². The molecule has 1 atom stereocenters. The van der Waals surface area contributed by atoms with Crippen LogP contribution in [0.2, 0.25) is 5.15 Å². The molecule has 138 valence electrons. The highest BCUT2D eigenvalue weighted by Gasteiger charge is 2.38. The molecule has 1 aliphatic rings. The van der Waals surface area contributed by atoms with Crippen LogP contribution in [0, 0.1) is 0 Å². The summed E-state index contributed by atoms with van der Waals surface area (Å²) in [6, 6.07) is 13.4. The van der Waals surface area contributed by atoms with Crippen LogP contribution in [0.5, 0.6) is 5.88 Å². The highest BCUT2D eigenvalue weighted by molar-refractivity contribution is 6.29. The maximum atomic E-state index is 13.6. The van der Waals surface area contributed by atoms with Gasteiger partial charge in [0.2, 0.25) is 0 Å². The van der Waals surface area contributed by atoms with Gasteiger partial charge in [0, 0.05) is 18.2 Å². The fourth-order valence-corrected chi connectivity index (χ4v) is 4.09. The van der Waals surface area contributed by atoms with Crippen LogP contribution < -0.4 is 14.9 Å². The van der Waals surface area contributed by atoms with Crippen LogP contribution in [-0.4, -0.2) is 16.7 Å². The molecule has 1 aromatic carbocycles. The second kappa shape index (κ2) is 7.16. The summed E-state index contributed by atoms with van der Waals surface area (Å²) in [5.41, 5.74) is 2.41. The van der Waals surface area contributed by atoms with Crippen molar-refractivity contribution in [1.29, 1.82) is 0 Å². The minimum atomic E-state index is -0.0524. The number of nitrogens with zero attached hydrogens (tertiary/aromatic N) is 3. The Hall–Kier alpha value is -2.66. The molecule has 0 fully saturated rings. The molecule has 0 radical (unpaired) electrons. The first-order valence-electron chi connectivity index (χ1n) is 9.07. The number of pyridine rings is 1. The second-order valence-corrected chi connectivity index (χ2v) is 6.94. The van der Waals surface area contributed by atoms with Crippen LogP contribution in [-0.2, 0) is 13.0 Å². The van der Waals surface area contributed by atoms with E-state index < -0.39 is 0 Å². The first kappa shape index (κ1) is 17.7. The summed E-state index contributed by atoms with van der Waals surface area (Å²) in [5.74, 6) is 1.61. The van der Waals surface area contributed by atoms with Gasteiger partial charge in [0.1, 0.15) is 11.2 Å². The number of rotatable bonds is 4. The molecule has 0 saturated heterocycles. The Bertz CT molecular complexity index is 1030. The third kappa shape index (κ3) is 2.92. The Balaban J connectivity index is 1.99. The van der Waals surface area contributed by atoms with Crippen molar-refractivity contribution < 1.29 is 9.30 Å². The summed E-state index contributed by atoms with van der Waals surface area (Å²) in [7, 11) is 1.62. The lowest BCUT2D eigenvalue weighted by Crippen LogP contribution is -2.46. The molecule has 6 heteroatoms. The second-order valence-electron chi connectivity index (χ2n) is 6.55. The van der Waals surface area contributed by atoms with E-state index in [0.29, 0.717) is 16.6 Å². The predicted octanol–water partition coefficient (Wildman–Crippen LogP) is 3.42. The average molecular weight is 383 g/mol. The van der Waals surface area contributed by atoms with Crippen molar-refractivity contribution in [3.05, 3.63) is 75.6 Å². The van der Waals surface area contributed by atoms with Crippen LogP contribution in [0.4, 0.5) is 0 Å². The number of ether oxygens (including phenoxy) is 1. The first-order valence-corrected chi connectivity index (χ1v) is 9.45. The number of aromatic nitrogens is 3.